The molecular weight excluding hydrogens is 404 g/mol. The van der Waals surface area contributed by atoms with Crippen LogP contribution >= 0.6 is 15.9 Å². The summed E-state index contributed by atoms with van der Waals surface area (Å²) in [6, 6.07) is 11.4. The van der Waals surface area contributed by atoms with Crippen molar-refractivity contribution < 1.29 is 9.72 Å². The van der Waals surface area contributed by atoms with E-state index in [1.54, 1.807) is 6.07 Å². The molecule has 0 spiro atoms. The molecule has 0 aliphatic heterocycles. The van der Waals surface area contributed by atoms with Gasteiger partial charge in [0.2, 0.25) is 11.7 Å². The highest BCUT2D eigenvalue weighted by Gasteiger charge is 2.12. The first-order valence-corrected chi connectivity index (χ1v) is 8.30. The normalized spacial score (nSPS) is 10.5. The van der Waals surface area contributed by atoms with Crippen molar-refractivity contribution >= 4 is 33.2 Å². The van der Waals surface area contributed by atoms with E-state index in [4.69, 9.17) is 0 Å². The van der Waals surface area contributed by atoms with Crippen molar-refractivity contribution in [2.24, 2.45) is 0 Å². The fourth-order valence-electron chi connectivity index (χ4n) is 2.20. The van der Waals surface area contributed by atoms with Gasteiger partial charge in [-0.2, -0.15) is 4.80 Å². The molecule has 0 atom stereocenters. The number of nitro groups is 1. The Morgan fingerprint density at radius 1 is 1.27 bits per heavy atom. The van der Waals surface area contributed by atoms with Crippen LogP contribution < -0.4 is 5.32 Å². The summed E-state index contributed by atoms with van der Waals surface area (Å²) in [4.78, 5) is 23.5. The number of halogens is 1. The standard InChI is InChI=1S/C16H13BrN6O3/c1-10-2-7-14(13(17)8-10)18-15(24)9-22-20-16(19-21-22)11-3-5-12(6-4-11)23(25)26/h2-8H,9H2,1H3,(H,18,24). The molecule has 0 fully saturated rings. The molecule has 0 saturated heterocycles. The minimum Gasteiger partial charge on any atom is -0.323 e. The average molecular weight is 417 g/mol. The summed E-state index contributed by atoms with van der Waals surface area (Å²) in [7, 11) is 0. The molecule has 3 rings (SSSR count). The number of carbonyl (C=O) groups excluding carboxylic acids is 1. The van der Waals surface area contributed by atoms with Gasteiger partial charge in [0.15, 0.2) is 0 Å². The van der Waals surface area contributed by atoms with Gasteiger partial charge in [0, 0.05) is 22.2 Å². The van der Waals surface area contributed by atoms with E-state index in [2.05, 4.69) is 36.7 Å². The zero-order chi connectivity index (χ0) is 18.7. The molecule has 0 aliphatic carbocycles. The van der Waals surface area contributed by atoms with Crippen LogP contribution in [0.5, 0.6) is 0 Å². The van der Waals surface area contributed by atoms with Crippen LogP contribution in [0.2, 0.25) is 0 Å². The van der Waals surface area contributed by atoms with E-state index in [1.165, 1.54) is 24.3 Å². The van der Waals surface area contributed by atoms with Gasteiger partial charge in [-0.15, -0.1) is 10.2 Å². The number of benzene rings is 2. The number of hydrogen-bond donors (Lipinski definition) is 1. The topological polar surface area (TPSA) is 116 Å². The predicted octanol–water partition coefficient (Wildman–Crippen LogP) is 2.96. The molecule has 2 aromatic carbocycles. The molecule has 26 heavy (non-hydrogen) atoms. The van der Waals surface area contributed by atoms with Crippen molar-refractivity contribution in [3.8, 4) is 11.4 Å². The van der Waals surface area contributed by atoms with Crippen molar-refractivity contribution in [1.82, 2.24) is 20.2 Å². The Morgan fingerprint density at radius 2 is 2.00 bits per heavy atom. The summed E-state index contributed by atoms with van der Waals surface area (Å²) >= 11 is 3.40. The molecule has 132 valence electrons. The maximum atomic E-state index is 12.1. The second-order valence-electron chi connectivity index (χ2n) is 5.48. The molecular formula is C16H13BrN6O3. The zero-order valence-corrected chi connectivity index (χ0v) is 15.2. The van der Waals surface area contributed by atoms with Gasteiger partial charge >= 0.3 is 0 Å². The van der Waals surface area contributed by atoms with Gasteiger partial charge in [-0.3, -0.25) is 14.9 Å². The van der Waals surface area contributed by atoms with Crippen LogP contribution in [0, 0.1) is 17.0 Å². The molecule has 9 nitrogen and oxygen atoms in total. The number of non-ortho nitro benzene ring substituents is 1. The fraction of sp³-hybridized carbons (Fsp3) is 0.125. The highest BCUT2D eigenvalue weighted by Crippen LogP contribution is 2.23. The molecule has 1 amide bonds. The third kappa shape index (κ3) is 4.09. The number of nitrogens with zero attached hydrogens (tertiary/aromatic N) is 5. The molecule has 0 radical (unpaired) electrons. The zero-order valence-electron chi connectivity index (χ0n) is 13.6. The minimum atomic E-state index is -0.485. The van der Waals surface area contributed by atoms with Gasteiger partial charge in [-0.05, 0) is 57.9 Å². The Kier molecular flexibility index (Phi) is 5.03. The number of hydrogen-bond acceptors (Lipinski definition) is 6. The molecule has 0 unspecified atom stereocenters. The molecule has 1 heterocycles. The van der Waals surface area contributed by atoms with E-state index in [0.29, 0.717) is 11.3 Å². The number of anilines is 1. The van der Waals surface area contributed by atoms with Crippen molar-refractivity contribution in [1.29, 1.82) is 0 Å². The van der Waals surface area contributed by atoms with Gasteiger partial charge in [-0.1, -0.05) is 6.07 Å². The highest BCUT2D eigenvalue weighted by atomic mass is 79.9. The summed E-state index contributed by atoms with van der Waals surface area (Å²) in [6.45, 7) is 1.84. The van der Waals surface area contributed by atoms with Crippen LogP contribution in [-0.4, -0.2) is 31.0 Å². The molecule has 10 heteroatoms. The summed E-state index contributed by atoms with van der Waals surface area (Å²) in [6.07, 6.45) is 0. The van der Waals surface area contributed by atoms with Crippen LogP contribution in [0.3, 0.4) is 0 Å². The van der Waals surface area contributed by atoms with E-state index < -0.39 is 4.92 Å². The maximum Gasteiger partial charge on any atom is 0.269 e. The minimum absolute atomic E-state index is 0.0239. The lowest BCUT2D eigenvalue weighted by atomic mass is 10.2. The van der Waals surface area contributed by atoms with E-state index in [9.17, 15) is 14.9 Å². The lowest BCUT2D eigenvalue weighted by Gasteiger charge is -2.07. The van der Waals surface area contributed by atoms with Crippen LogP contribution in [-0.2, 0) is 11.3 Å². The summed E-state index contributed by atoms with van der Waals surface area (Å²) in [5.74, 6) is -0.0218. The number of nitrogens with one attached hydrogen (secondary N) is 1. The molecule has 1 N–H and O–H groups in total. The van der Waals surface area contributed by atoms with Gasteiger partial charge in [-0.25, -0.2) is 0 Å². The van der Waals surface area contributed by atoms with Crippen LogP contribution in [0.4, 0.5) is 11.4 Å². The fourth-order valence-corrected chi connectivity index (χ4v) is 2.79. The number of aromatic nitrogens is 4. The molecule has 0 bridgehead atoms. The quantitative estimate of drug-likeness (QED) is 0.504. The Labute approximate surface area is 156 Å². The second kappa shape index (κ2) is 7.40. The summed E-state index contributed by atoms with van der Waals surface area (Å²) in [5.41, 5.74) is 2.27. The molecule has 0 saturated carbocycles. The van der Waals surface area contributed by atoms with Gasteiger partial charge < -0.3 is 5.32 Å². The van der Waals surface area contributed by atoms with E-state index in [1.807, 2.05) is 19.1 Å². The van der Waals surface area contributed by atoms with E-state index in [-0.39, 0.29) is 24.0 Å². The van der Waals surface area contributed by atoms with Crippen LogP contribution in [0.15, 0.2) is 46.9 Å². The third-order valence-corrected chi connectivity index (χ3v) is 4.13. The number of nitro benzene ring substituents is 1. The lowest BCUT2D eigenvalue weighted by molar-refractivity contribution is -0.384. The lowest BCUT2D eigenvalue weighted by Crippen LogP contribution is -2.20. The van der Waals surface area contributed by atoms with Gasteiger partial charge in [0.05, 0.1) is 10.6 Å². The van der Waals surface area contributed by atoms with Gasteiger partial charge in [0.1, 0.15) is 6.54 Å². The summed E-state index contributed by atoms with van der Waals surface area (Å²) in [5, 5.41) is 25.3. The Hall–Kier alpha value is -3.14. The first kappa shape index (κ1) is 17.7. The first-order chi connectivity index (χ1) is 12.4. The Balaban J connectivity index is 1.67. The van der Waals surface area contributed by atoms with Crippen LogP contribution in [0.1, 0.15) is 5.56 Å². The molecule has 0 aliphatic rings. The van der Waals surface area contributed by atoms with Gasteiger partial charge in [0.25, 0.3) is 5.69 Å². The Bertz CT molecular complexity index is 970. The number of amides is 1. The second-order valence-corrected chi connectivity index (χ2v) is 6.33. The summed E-state index contributed by atoms with van der Waals surface area (Å²) < 4.78 is 0.781. The number of tetrazole rings is 1. The maximum absolute atomic E-state index is 12.1. The highest BCUT2D eigenvalue weighted by molar-refractivity contribution is 9.10. The molecule has 3 aromatic rings. The van der Waals surface area contributed by atoms with Crippen LogP contribution in [0.25, 0.3) is 11.4 Å². The van der Waals surface area contributed by atoms with E-state index in [0.717, 1.165) is 14.8 Å². The van der Waals surface area contributed by atoms with E-state index >= 15 is 0 Å². The first-order valence-electron chi connectivity index (χ1n) is 7.51. The smallest absolute Gasteiger partial charge is 0.269 e. The number of carbonyl (C=O) groups is 1. The number of rotatable bonds is 5. The Morgan fingerprint density at radius 3 is 2.65 bits per heavy atom. The van der Waals surface area contributed by atoms with Crippen molar-refractivity contribution in [3.63, 3.8) is 0 Å². The predicted molar refractivity (Wildman–Crippen MR) is 97.4 cm³/mol. The number of aryl methyl sites for hydroxylation is 1. The van der Waals surface area contributed by atoms with Crippen molar-refractivity contribution in [3.05, 3.63) is 62.6 Å². The largest absolute Gasteiger partial charge is 0.323 e. The van der Waals surface area contributed by atoms with Crippen molar-refractivity contribution in [2.45, 2.75) is 13.5 Å². The third-order valence-electron chi connectivity index (χ3n) is 3.47. The SMILES string of the molecule is Cc1ccc(NC(=O)Cn2nnc(-c3ccc([N+](=O)[O-])cc3)n2)c(Br)c1. The van der Waals surface area contributed by atoms with Crippen molar-refractivity contribution in [2.75, 3.05) is 5.32 Å². The molecule has 1 aromatic heterocycles. The average Bonchev–Trinajstić information content (AvgIpc) is 3.06. The monoisotopic (exact) mass is 416 g/mol.